The number of carbonyl (C=O) groups is 1. The lowest BCUT2D eigenvalue weighted by atomic mass is 9.94. The zero-order chi connectivity index (χ0) is 20.1. The maximum Gasteiger partial charge on any atom is 0.271 e. The average Bonchev–Trinajstić information content (AvgIpc) is 3.10. The van der Waals surface area contributed by atoms with Crippen molar-refractivity contribution in [1.29, 1.82) is 5.26 Å². The molecule has 2 aromatic rings. The van der Waals surface area contributed by atoms with Crippen LogP contribution in [0.5, 0.6) is 0 Å². The number of nitriles is 1. The highest BCUT2D eigenvalue weighted by Gasteiger charge is 2.22. The summed E-state index contributed by atoms with van der Waals surface area (Å²) in [5.74, 6) is 0.860. The molecule has 1 unspecified atom stereocenters. The smallest absolute Gasteiger partial charge is 0.271 e. The summed E-state index contributed by atoms with van der Waals surface area (Å²) in [6.07, 6.45) is 2.15. The molecule has 1 atom stereocenters. The maximum atomic E-state index is 12.2. The van der Waals surface area contributed by atoms with Crippen molar-refractivity contribution in [3.05, 3.63) is 35.0 Å². The van der Waals surface area contributed by atoms with E-state index < -0.39 is 0 Å². The van der Waals surface area contributed by atoms with Crippen LogP contribution in [0.2, 0.25) is 0 Å². The van der Waals surface area contributed by atoms with Crippen LogP contribution >= 0.6 is 11.3 Å². The van der Waals surface area contributed by atoms with Crippen LogP contribution in [-0.4, -0.2) is 45.9 Å². The molecule has 28 heavy (non-hydrogen) atoms. The monoisotopic (exact) mass is 398 g/mol. The lowest BCUT2D eigenvalue weighted by Crippen LogP contribution is -2.40. The first-order chi connectivity index (χ1) is 13.3. The van der Waals surface area contributed by atoms with E-state index in [4.69, 9.17) is 10.2 Å². The molecular formula is C20H26N6OS. The van der Waals surface area contributed by atoms with Gasteiger partial charge in [-0.15, -0.1) is 11.3 Å². The van der Waals surface area contributed by atoms with Gasteiger partial charge in [0.25, 0.3) is 5.91 Å². The number of aromatic nitrogens is 2. The zero-order valence-corrected chi connectivity index (χ0v) is 17.3. The number of nitrogens with one attached hydrogen (secondary N) is 2. The lowest BCUT2D eigenvalue weighted by molar-refractivity contribution is 0.0915. The molecule has 148 valence electrons. The Morgan fingerprint density at radius 3 is 2.96 bits per heavy atom. The van der Waals surface area contributed by atoms with E-state index in [1.165, 1.54) is 11.3 Å². The van der Waals surface area contributed by atoms with Gasteiger partial charge in [-0.05, 0) is 52.3 Å². The van der Waals surface area contributed by atoms with Crippen molar-refractivity contribution < 1.29 is 4.79 Å². The first-order valence-corrected chi connectivity index (χ1v) is 10.3. The molecule has 0 bridgehead atoms. The quantitative estimate of drug-likeness (QED) is 0.749. The molecule has 2 N–H and O–H groups in total. The number of anilines is 2. The number of amides is 1. The molecule has 1 aliphatic rings. The van der Waals surface area contributed by atoms with Crippen molar-refractivity contribution in [2.45, 2.75) is 45.1 Å². The third kappa shape index (κ3) is 5.50. The fraction of sp³-hybridized carbons (Fsp3) is 0.500. The molecule has 8 heteroatoms. The minimum absolute atomic E-state index is 0.182. The first-order valence-electron chi connectivity index (χ1n) is 9.45. The van der Waals surface area contributed by atoms with Crippen LogP contribution in [0.3, 0.4) is 0 Å². The van der Waals surface area contributed by atoms with Gasteiger partial charge in [0, 0.05) is 29.1 Å². The van der Waals surface area contributed by atoms with Crippen LogP contribution in [0, 0.1) is 11.3 Å². The molecule has 0 saturated carbocycles. The van der Waals surface area contributed by atoms with Crippen molar-refractivity contribution in [2.24, 2.45) is 0 Å². The Labute approximate surface area is 169 Å². The SMILES string of the molecule is CC(C)(C)NC(=O)c1csc(Nc2cccc(C3CCCN(CC#N)C3)n2)n1. The van der Waals surface area contributed by atoms with Crippen molar-refractivity contribution in [3.8, 4) is 6.07 Å². The van der Waals surface area contributed by atoms with Gasteiger partial charge in [0.2, 0.25) is 0 Å². The Morgan fingerprint density at radius 2 is 2.21 bits per heavy atom. The normalized spacial score (nSPS) is 17.7. The maximum absolute atomic E-state index is 12.2. The van der Waals surface area contributed by atoms with Gasteiger partial charge in [0.05, 0.1) is 12.6 Å². The van der Waals surface area contributed by atoms with Crippen LogP contribution in [0.25, 0.3) is 0 Å². The Kier molecular flexibility index (Phi) is 6.27. The summed E-state index contributed by atoms with van der Waals surface area (Å²) in [7, 11) is 0. The number of carbonyl (C=O) groups excluding carboxylic acids is 1. The Bertz CT molecular complexity index is 866. The summed E-state index contributed by atoms with van der Waals surface area (Å²) >= 11 is 1.38. The summed E-state index contributed by atoms with van der Waals surface area (Å²) in [6.45, 7) is 8.12. The number of hydrogen-bond donors (Lipinski definition) is 2. The third-order valence-corrected chi connectivity index (χ3v) is 5.21. The van der Waals surface area contributed by atoms with Crippen molar-refractivity contribution >= 4 is 28.2 Å². The number of rotatable bonds is 5. The molecule has 1 aliphatic heterocycles. The van der Waals surface area contributed by atoms with Gasteiger partial charge in [-0.2, -0.15) is 5.26 Å². The van der Waals surface area contributed by atoms with Crippen LogP contribution in [0.4, 0.5) is 10.9 Å². The van der Waals surface area contributed by atoms with E-state index >= 15 is 0 Å². The highest BCUT2D eigenvalue weighted by molar-refractivity contribution is 7.14. The molecule has 0 radical (unpaired) electrons. The molecule has 3 rings (SSSR count). The largest absolute Gasteiger partial charge is 0.346 e. The molecule has 2 aromatic heterocycles. The Morgan fingerprint density at radius 1 is 1.39 bits per heavy atom. The van der Waals surface area contributed by atoms with Gasteiger partial charge in [-0.1, -0.05) is 6.07 Å². The predicted octanol–water partition coefficient (Wildman–Crippen LogP) is 3.51. The molecule has 3 heterocycles. The van der Waals surface area contributed by atoms with E-state index in [0.29, 0.717) is 29.1 Å². The highest BCUT2D eigenvalue weighted by atomic mass is 32.1. The predicted molar refractivity (Wildman–Crippen MR) is 111 cm³/mol. The molecular weight excluding hydrogens is 372 g/mol. The minimum atomic E-state index is -0.302. The van der Waals surface area contributed by atoms with Crippen molar-refractivity contribution in [1.82, 2.24) is 20.2 Å². The van der Waals surface area contributed by atoms with E-state index in [1.54, 1.807) is 5.38 Å². The van der Waals surface area contributed by atoms with Gasteiger partial charge in [-0.25, -0.2) is 9.97 Å². The molecule has 0 spiro atoms. The number of hydrogen-bond acceptors (Lipinski definition) is 7. The molecule has 1 saturated heterocycles. The molecule has 0 aromatic carbocycles. The standard InChI is InChI=1S/C20H26N6OS/c1-20(2,3)25-18(27)16-13-28-19(23-16)24-17-8-4-7-15(22-17)14-6-5-10-26(12-14)11-9-21/h4,7-8,13-14H,5-6,10-12H2,1-3H3,(H,25,27)(H,22,23,24). The number of pyridine rings is 1. The lowest BCUT2D eigenvalue weighted by Gasteiger charge is -2.30. The number of piperidine rings is 1. The van der Waals surface area contributed by atoms with Gasteiger partial charge in [-0.3, -0.25) is 9.69 Å². The van der Waals surface area contributed by atoms with Crippen LogP contribution in [-0.2, 0) is 0 Å². The Balaban J connectivity index is 1.67. The summed E-state index contributed by atoms with van der Waals surface area (Å²) in [6, 6.07) is 8.15. The van der Waals surface area contributed by atoms with E-state index in [-0.39, 0.29) is 11.4 Å². The van der Waals surface area contributed by atoms with Crippen molar-refractivity contribution in [2.75, 3.05) is 25.0 Å². The fourth-order valence-electron chi connectivity index (χ4n) is 3.24. The van der Waals surface area contributed by atoms with E-state index in [0.717, 1.165) is 31.6 Å². The van der Waals surface area contributed by atoms with Crippen LogP contribution in [0.1, 0.15) is 55.7 Å². The first kappa shape index (κ1) is 20.2. The number of likely N-dealkylation sites (tertiary alicyclic amines) is 1. The van der Waals surface area contributed by atoms with Crippen molar-refractivity contribution in [3.63, 3.8) is 0 Å². The van der Waals surface area contributed by atoms with Gasteiger partial charge in [0.1, 0.15) is 11.5 Å². The van der Waals surface area contributed by atoms with Gasteiger partial charge in [0.15, 0.2) is 5.13 Å². The minimum Gasteiger partial charge on any atom is -0.346 e. The van der Waals surface area contributed by atoms with Crippen LogP contribution in [0.15, 0.2) is 23.6 Å². The zero-order valence-electron chi connectivity index (χ0n) is 16.5. The fourth-order valence-corrected chi connectivity index (χ4v) is 3.94. The summed E-state index contributed by atoms with van der Waals surface area (Å²) < 4.78 is 0. The van der Waals surface area contributed by atoms with E-state index in [9.17, 15) is 4.79 Å². The van der Waals surface area contributed by atoms with Gasteiger partial charge >= 0.3 is 0 Å². The van der Waals surface area contributed by atoms with Gasteiger partial charge < -0.3 is 10.6 Å². The third-order valence-electron chi connectivity index (χ3n) is 4.45. The Hall–Kier alpha value is -2.50. The molecule has 1 fully saturated rings. The summed E-state index contributed by atoms with van der Waals surface area (Å²) in [5.41, 5.74) is 1.12. The second-order valence-corrected chi connectivity index (χ2v) is 8.91. The molecule has 1 amide bonds. The average molecular weight is 399 g/mol. The van der Waals surface area contributed by atoms with E-state index in [2.05, 4.69) is 26.6 Å². The van der Waals surface area contributed by atoms with Crippen LogP contribution < -0.4 is 10.6 Å². The number of thiazole rings is 1. The second-order valence-electron chi connectivity index (χ2n) is 8.05. The molecule has 0 aliphatic carbocycles. The summed E-state index contributed by atoms with van der Waals surface area (Å²) in [4.78, 5) is 23.5. The topological polar surface area (TPSA) is 93.9 Å². The summed E-state index contributed by atoms with van der Waals surface area (Å²) in [5, 5.41) is 17.4. The highest BCUT2D eigenvalue weighted by Crippen LogP contribution is 2.27. The molecule has 7 nitrogen and oxygen atoms in total. The van der Waals surface area contributed by atoms with E-state index in [1.807, 2.05) is 39.0 Å². The number of nitrogens with zero attached hydrogens (tertiary/aromatic N) is 4. The second kappa shape index (κ2) is 8.67.